The van der Waals surface area contributed by atoms with Gasteiger partial charge in [-0.3, -0.25) is 9.97 Å². The first-order chi connectivity index (χ1) is 10.9. The van der Waals surface area contributed by atoms with Crippen molar-refractivity contribution in [2.24, 2.45) is 0 Å². The van der Waals surface area contributed by atoms with Crippen LogP contribution in [0, 0.1) is 0 Å². The molecule has 2 aromatic heterocycles. The monoisotopic (exact) mass is 487 g/mol. The second-order valence-electron chi connectivity index (χ2n) is 4.89. The smallest absolute Gasteiger partial charge is 0.0918 e. The predicted octanol–water partition coefficient (Wildman–Crippen LogP) is 4.79. The first-order valence-corrected chi connectivity index (χ1v) is 7.60. The molecule has 0 atom stereocenters. The average molecular weight is 487 g/mol. The number of nitrogens with zero attached hydrogens (tertiary/aromatic N) is 2. The first-order valence-electron chi connectivity index (χ1n) is 7.60. The molecule has 1 aliphatic rings. The maximum absolute atomic E-state index is 5.15. The molecule has 3 nitrogen and oxygen atoms in total. The molecule has 0 unspecified atom stereocenters. The van der Waals surface area contributed by atoms with Crippen LogP contribution in [0.3, 0.4) is 0 Å². The molecule has 3 rings (SSSR count). The van der Waals surface area contributed by atoms with E-state index in [0.717, 1.165) is 42.8 Å². The summed E-state index contributed by atoms with van der Waals surface area (Å²) in [5, 5.41) is 0. The predicted molar refractivity (Wildman–Crippen MR) is 90.2 cm³/mol. The third-order valence-electron chi connectivity index (χ3n) is 3.28. The molecule has 4 heteroatoms. The number of hydrogen-bond donors (Lipinski definition) is 0. The van der Waals surface area contributed by atoms with Gasteiger partial charge in [0, 0.05) is 38.9 Å². The molecule has 0 fully saturated rings. The van der Waals surface area contributed by atoms with Crippen molar-refractivity contribution in [2.45, 2.75) is 25.7 Å². The summed E-state index contributed by atoms with van der Waals surface area (Å²) in [7, 11) is 1.75. The summed E-state index contributed by atoms with van der Waals surface area (Å²) < 4.78 is 5.15. The van der Waals surface area contributed by atoms with Crippen molar-refractivity contribution in [3.8, 4) is 11.4 Å². The molecule has 0 saturated carbocycles. The number of allylic oxidation sites excluding steroid dienone is 4. The standard InChI is InChI=1S/C10H8N2.C9H14O.Ir/c1-3-7-11-9(5-1)10-6-2-4-8-12-10;1-10-9-7-5-3-2-4-6-8-9;/h1-8H;2-3,8H,4-7H2,1H3;. The Morgan fingerprint density at radius 1 is 0.826 bits per heavy atom. The van der Waals surface area contributed by atoms with Crippen LogP contribution in [0.25, 0.3) is 11.4 Å². The summed E-state index contributed by atoms with van der Waals surface area (Å²) in [6.45, 7) is 0. The van der Waals surface area contributed by atoms with Gasteiger partial charge in [-0.2, -0.15) is 0 Å². The van der Waals surface area contributed by atoms with Gasteiger partial charge in [0.15, 0.2) is 0 Å². The van der Waals surface area contributed by atoms with Crippen LogP contribution in [0.15, 0.2) is 72.8 Å². The Morgan fingerprint density at radius 3 is 1.96 bits per heavy atom. The molecule has 0 bridgehead atoms. The molecular formula is C19H22IrN2O. The van der Waals surface area contributed by atoms with Gasteiger partial charge in [-0.1, -0.05) is 24.3 Å². The van der Waals surface area contributed by atoms with E-state index in [-0.39, 0.29) is 20.1 Å². The molecule has 1 radical (unpaired) electrons. The maximum Gasteiger partial charge on any atom is 0.0918 e. The molecule has 0 spiro atoms. The van der Waals surface area contributed by atoms with Gasteiger partial charge in [-0.05, 0) is 49.6 Å². The van der Waals surface area contributed by atoms with Crippen molar-refractivity contribution in [3.05, 3.63) is 72.8 Å². The van der Waals surface area contributed by atoms with Gasteiger partial charge in [0.25, 0.3) is 0 Å². The minimum atomic E-state index is 0. The van der Waals surface area contributed by atoms with Gasteiger partial charge < -0.3 is 4.74 Å². The van der Waals surface area contributed by atoms with Crippen LogP contribution < -0.4 is 0 Å². The molecule has 0 N–H and O–H groups in total. The fraction of sp³-hybridized carbons (Fsp3) is 0.263. The van der Waals surface area contributed by atoms with E-state index >= 15 is 0 Å². The third kappa shape index (κ3) is 7.36. The Balaban J connectivity index is 0.000000224. The van der Waals surface area contributed by atoms with Crippen molar-refractivity contribution in [2.75, 3.05) is 7.11 Å². The molecule has 0 amide bonds. The zero-order valence-electron chi connectivity index (χ0n) is 13.3. The molecule has 0 aromatic carbocycles. The zero-order valence-corrected chi connectivity index (χ0v) is 15.7. The van der Waals surface area contributed by atoms with Crippen LogP contribution in [0.4, 0.5) is 0 Å². The number of hydrogen-bond acceptors (Lipinski definition) is 3. The molecule has 2 aromatic rings. The van der Waals surface area contributed by atoms with E-state index in [9.17, 15) is 0 Å². The van der Waals surface area contributed by atoms with Gasteiger partial charge in [-0.15, -0.1) is 0 Å². The van der Waals surface area contributed by atoms with Crippen molar-refractivity contribution in [3.63, 3.8) is 0 Å². The second kappa shape index (κ2) is 11.8. The Morgan fingerprint density at radius 2 is 1.43 bits per heavy atom. The van der Waals surface area contributed by atoms with Crippen molar-refractivity contribution >= 4 is 0 Å². The zero-order chi connectivity index (χ0) is 15.5. The summed E-state index contributed by atoms with van der Waals surface area (Å²) in [5.41, 5.74) is 1.83. The van der Waals surface area contributed by atoms with Gasteiger partial charge in [0.05, 0.1) is 24.3 Å². The van der Waals surface area contributed by atoms with E-state index in [0.29, 0.717) is 0 Å². The van der Waals surface area contributed by atoms with E-state index < -0.39 is 0 Å². The van der Waals surface area contributed by atoms with E-state index in [4.69, 9.17) is 4.74 Å². The van der Waals surface area contributed by atoms with E-state index in [1.165, 1.54) is 0 Å². The summed E-state index contributed by atoms with van der Waals surface area (Å²) in [6.07, 6.45) is 14.7. The topological polar surface area (TPSA) is 35.0 Å². The summed E-state index contributed by atoms with van der Waals surface area (Å²) in [6, 6.07) is 11.6. The quantitative estimate of drug-likeness (QED) is 0.573. The van der Waals surface area contributed by atoms with Crippen molar-refractivity contribution < 1.29 is 24.8 Å². The fourth-order valence-corrected chi connectivity index (χ4v) is 2.12. The van der Waals surface area contributed by atoms with Crippen LogP contribution in [0.5, 0.6) is 0 Å². The maximum atomic E-state index is 5.15. The number of pyridine rings is 2. The Labute approximate surface area is 151 Å². The molecule has 123 valence electrons. The molecule has 0 saturated heterocycles. The number of aromatic nitrogens is 2. The Bertz CT molecular complexity index is 560. The van der Waals surface area contributed by atoms with Crippen molar-refractivity contribution in [1.29, 1.82) is 0 Å². The molecular weight excluding hydrogens is 464 g/mol. The van der Waals surface area contributed by atoms with Crippen LogP contribution in [0.2, 0.25) is 0 Å². The molecule has 2 heterocycles. The normalized spacial score (nSPS) is 13.3. The molecule has 23 heavy (non-hydrogen) atoms. The van der Waals surface area contributed by atoms with Crippen LogP contribution in [-0.4, -0.2) is 17.1 Å². The Kier molecular flexibility index (Phi) is 9.85. The van der Waals surface area contributed by atoms with Crippen LogP contribution in [-0.2, 0) is 24.8 Å². The fourth-order valence-electron chi connectivity index (χ4n) is 2.12. The molecule has 1 aliphatic carbocycles. The van der Waals surface area contributed by atoms with Crippen LogP contribution in [0.1, 0.15) is 25.7 Å². The summed E-state index contributed by atoms with van der Waals surface area (Å²) >= 11 is 0. The minimum absolute atomic E-state index is 0. The number of ether oxygens (including phenoxy) is 1. The SMILES string of the molecule is COC1=CCCC=CCC1.[Ir].c1ccc(-c2ccccn2)nc1. The van der Waals surface area contributed by atoms with E-state index in [1.807, 2.05) is 36.4 Å². The van der Waals surface area contributed by atoms with Gasteiger partial charge in [0.1, 0.15) is 0 Å². The van der Waals surface area contributed by atoms with Gasteiger partial charge in [0.2, 0.25) is 0 Å². The molecule has 0 aliphatic heterocycles. The average Bonchev–Trinajstić information content (AvgIpc) is 2.57. The third-order valence-corrected chi connectivity index (χ3v) is 3.28. The first kappa shape index (κ1) is 19.3. The van der Waals surface area contributed by atoms with E-state index in [1.54, 1.807) is 19.5 Å². The number of methoxy groups -OCH3 is 1. The second-order valence-corrected chi connectivity index (χ2v) is 4.89. The van der Waals surface area contributed by atoms with E-state index in [2.05, 4.69) is 28.2 Å². The summed E-state index contributed by atoms with van der Waals surface area (Å²) in [5.74, 6) is 1.14. The Hall–Kier alpha value is -1.77. The number of rotatable bonds is 2. The van der Waals surface area contributed by atoms with Crippen molar-refractivity contribution in [1.82, 2.24) is 9.97 Å². The summed E-state index contributed by atoms with van der Waals surface area (Å²) in [4.78, 5) is 8.37. The van der Waals surface area contributed by atoms with Gasteiger partial charge >= 0.3 is 0 Å². The van der Waals surface area contributed by atoms with Gasteiger partial charge in [-0.25, -0.2) is 0 Å². The van der Waals surface area contributed by atoms with Crippen LogP contribution >= 0.6 is 0 Å². The minimum Gasteiger partial charge on any atom is -0.501 e. The largest absolute Gasteiger partial charge is 0.501 e.